The summed E-state index contributed by atoms with van der Waals surface area (Å²) in [6, 6.07) is 6.30. The topological polar surface area (TPSA) is 84.6 Å². The minimum absolute atomic E-state index is 0.170. The number of guanidine groups is 1. The second-order valence-electron chi connectivity index (χ2n) is 7.78. The molecule has 1 aromatic carbocycles. The normalized spacial score (nSPS) is 12.9. The van der Waals surface area contributed by atoms with Crippen molar-refractivity contribution in [2.45, 2.75) is 67.0 Å². The molecule has 0 bridgehead atoms. The monoisotopic (exact) mass is 401 g/mol. The van der Waals surface area contributed by atoms with Crippen LogP contribution in [0.25, 0.3) is 0 Å². The molecule has 0 amide bonds. The van der Waals surface area contributed by atoms with Crippen molar-refractivity contribution in [3.8, 4) is 5.75 Å². The largest absolute Gasteiger partial charge is 0.490 e. The number of ether oxygens (including phenoxy) is 1. The van der Waals surface area contributed by atoms with Crippen molar-refractivity contribution in [3.63, 3.8) is 0 Å². The maximum atomic E-state index is 6.23. The number of aromatic nitrogens is 2. The van der Waals surface area contributed by atoms with E-state index in [1.807, 2.05) is 13.8 Å². The van der Waals surface area contributed by atoms with Gasteiger partial charge < -0.3 is 19.9 Å². The van der Waals surface area contributed by atoms with Crippen LogP contribution in [0, 0.1) is 19.8 Å². The number of nitrogens with zero attached hydrogens (tertiary/aromatic N) is 3. The van der Waals surface area contributed by atoms with E-state index in [9.17, 15) is 0 Å². The molecule has 0 aliphatic rings. The Morgan fingerprint density at radius 2 is 2.00 bits per heavy atom. The van der Waals surface area contributed by atoms with Crippen molar-refractivity contribution in [3.05, 3.63) is 41.0 Å². The zero-order valence-corrected chi connectivity index (χ0v) is 18.6. The minimum Gasteiger partial charge on any atom is -0.490 e. The van der Waals surface area contributed by atoms with Crippen LogP contribution in [-0.4, -0.2) is 35.3 Å². The zero-order valence-electron chi connectivity index (χ0n) is 18.6. The molecule has 1 heterocycles. The minimum atomic E-state index is 0.170. The van der Waals surface area contributed by atoms with Crippen LogP contribution < -0.4 is 15.4 Å². The van der Waals surface area contributed by atoms with Crippen molar-refractivity contribution in [2.75, 3.05) is 13.1 Å². The Hall–Kier alpha value is -2.57. The lowest BCUT2D eigenvalue weighted by atomic mass is 10.1. The first-order valence-corrected chi connectivity index (χ1v) is 10.4. The van der Waals surface area contributed by atoms with E-state index in [0.29, 0.717) is 37.1 Å². The summed E-state index contributed by atoms with van der Waals surface area (Å²) in [5.74, 6) is 3.55. The fraction of sp³-hybridized carbons (Fsp3) is 0.591. The van der Waals surface area contributed by atoms with Gasteiger partial charge in [0.2, 0.25) is 5.89 Å². The first kappa shape index (κ1) is 22.7. The zero-order chi connectivity index (χ0) is 21.2. The summed E-state index contributed by atoms with van der Waals surface area (Å²) in [4.78, 5) is 8.95. The third-order valence-electron chi connectivity index (χ3n) is 4.31. The molecule has 0 aliphatic carbocycles. The summed E-state index contributed by atoms with van der Waals surface area (Å²) >= 11 is 0. The van der Waals surface area contributed by atoms with Crippen LogP contribution in [0.15, 0.2) is 27.7 Å². The lowest BCUT2D eigenvalue weighted by molar-refractivity contribution is 0.191. The van der Waals surface area contributed by atoms with Crippen LogP contribution >= 0.6 is 0 Å². The van der Waals surface area contributed by atoms with E-state index in [2.05, 4.69) is 66.7 Å². The summed E-state index contributed by atoms with van der Waals surface area (Å²) in [5, 5.41) is 10.4. The van der Waals surface area contributed by atoms with E-state index < -0.39 is 0 Å². The standard InChI is InChI=1S/C22H35N5O2/c1-7-23-22(24-11-10-21-26-18(6)27-29-21)25-14-19-9-8-16(4)13-20(19)28-17(5)12-15(2)3/h8-9,13,15,17H,7,10-12,14H2,1-6H3,(H2,23,24,25). The van der Waals surface area contributed by atoms with Gasteiger partial charge in [-0.3, -0.25) is 0 Å². The van der Waals surface area contributed by atoms with Crippen LogP contribution in [0.2, 0.25) is 0 Å². The second-order valence-corrected chi connectivity index (χ2v) is 7.78. The van der Waals surface area contributed by atoms with E-state index in [0.717, 1.165) is 30.2 Å². The first-order valence-electron chi connectivity index (χ1n) is 10.4. The molecule has 1 aromatic heterocycles. The van der Waals surface area contributed by atoms with Gasteiger partial charge in [0.25, 0.3) is 0 Å². The molecule has 0 fully saturated rings. The van der Waals surface area contributed by atoms with Gasteiger partial charge in [-0.05, 0) is 51.7 Å². The van der Waals surface area contributed by atoms with Crippen LogP contribution in [-0.2, 0) is 13.0 Å². The molecule has 29 heavy (non-hydrogen) atoms. The predicted octanol–water partition coefficient (Wildman–Crippen LogP) is 3.80. The van der Waals surface area contributed by atoms with Crippen LogP contribution in [0.4, 0.5) is 0 Å². The van der Waals surface area contributed by atoms with Crippen molar-refractivity contribution < 1.29 is 9.26 Å². The maximum absolute atomic E-state index is 6.23. The van der Waals surface area contributed by atoms with Crippen molar-refractivity contribution in [2.24, 2.45) is 10.9 Å². The van der Waals surface area contributed by atoms with Gasteiger partial charge in [-0.25, -0.2) is 4.99 Å². The molecule has 0 saturated carbocycles. The third-order valence-corrected chi connectivity index (χ3v) is 4.31. The summed E-state index contributed by atoms with van der Waals surface area (Å²) in [5.41, 5.74) is 2.26. The molecular formula is C22H35N5O2. The van der Waals surface area contributed by atoms with E-state index in [4.69, 9.17) is 14.3 Å². The first-order chi connectivity index (χ1) is 13.9. The molecule has 2 aromatic rings. The molecule has 1 unspecified atom stereocenters. The number of aryl methyl sites for hydroxylation is 2. The van der Waals surface area contributed by atoms with E-state index >= 15 is 0 Å². The maximum Gasteiger partial charge on any atom is 0.228 e. The van der Waals surface area contributed by atoms with Gasteiger partial charge in [-0.1, -0.05) is 31.1 Å². The Bertz CT molecular complexity index is 785. The predicted molar refractivity (Wildman–Crippen MR) is 116 cm³/mol. The Balaban J connectivity index is 2.01. The average molecular weight is 402 g/mol. The highest BCUT2D eigenvalue weighted by atomic mass is 16.5. The van der Waals surface area contributed by atoms with Gasteiger partial charge in [0.15, 0.2) is 11.8 Å². The van der Waals surface area contributed by atoms with Crippen LogP contribution in [0.3, 0.4) is 0 Å². The van der Waals surface area contributed by atoms with Crippen LogP contribution in [0.5, 0.6) is 5.75 Å². The van der Waals surface area contributed by atoms with Gasteiger partial charge in [0.05, 0.1) is 12.6 Å². The second kappa shape index (κ2) is 11.4. The third kappa shape index (κ3) is 8.13. The Morgan fingerprint density at radius 1 is 1.21 bits per heavy atom. The van der Waals surface area contributed by atoms with Gasteiger partial charge in [-0.15, -0.1) is 0 Å². The highest BCUT2D eigenvalue weighted by Gasteiger charge is 2.11. The summed E-state index contributed by atoms with van der Waals surface area (Å²) in [7, 11) is 0. The smallest absolute Gasteiger partial charge is 0.228 e. The van der Waals surface area contributed by atoms with Crippen LogP contribution in [0.1, 0.15) is 57.0 Å². The fourth-order valence-corrected chi connectivity index (χ4v) is 3.07. The molecule has 2 N–H and O–H groups in total. The average Bonchev–Trinajstić information content (AvgIpc) is 3.05. The summed E-state index contributed by atoms with van der Waals surface area (Å²) in [6.45, 7) is 14.5. The highest BCUT2D eigenvalue weighted by molar-refractivity contribution is 5.79. The molecule has 1 atom stereocenters. The Morgan fingerprint density at radius 3 is 2.66 bits per heavy atom. The SMILES string of the molecule is CCNC(=NCc1ccc(C)cc1OC(C)CC(C)C)NCCc1nc(C)no1. The molecule has 7 heteroatoms. The molecule has 0 aliphatic heterocycles. The number of nitrogens with one attached hydrogen (secondary N) is 2. The van der Waals surface area contributed by atoms with Crippen molar-refractivity contribution in [1.29, 1.82) is 0 Å². The van der Waals surface area contributed by atoms with Gasteiger partial charge in [0, 0.05) is 25.1 Å². The summed E-state index contributed by atoms with van der Waals surface area (Å²) < 4.78 is 11.4. The molecule has 0 spiro atoms. The lowest BCUT2D eigenvalue weighted by Gasteiger charge is -2.19. The van der Waals surface area contributed by atoms with Gasteiger partial charge >= 0.3 is 0 Å². The molecule has 2 rings (SSSR count). The quantitative estimate of drug-likeness (QED) is 0.465. The summed E-state index contributed by atoms with van der Waals surface area (Å²) in [6.07, 6.45) is 1.84. The fourth-order valence-electron chi connectivity index (χ4n) is 3.07. The Kier molecular flexibility index (Phi) is 8.96. The van der Waals surface area contributed by atoms with Crippen molar-refractivity contribution >= 4 is 5.96 Å². The molecular weight excluding hydrogens is 366 g/mol. The van der Waals surface area contributed by atoms with Gasteiger partial charge in [0.1, 0.15) is 5.75 Å². The number of rotatable bonds is 10. The van der Waals surface area contributed by atoms with E-state index in [1.165, 1.54) is 5.56 Å². The number of benzene rings is 1. The number of hydrogen-bond acceptors (Lipinski definition) is 5. The Labute approximate surface area is 174 Å². The number of hydrogen-bond donors (Lipinski definition) is 2. The molecule has 7 nitrogen and oxygen atoms in total. The van der Waals surface area contributed by atoms with E-state index in [-0.39, 0.29) is 6.10 Å². The van der Waals surface area contributed by atoms with E-state index in [1.54, 1.807) is 0 Å². The highest BCUT2D eigenvalue weighted by Crippen LogP contribution is 2.24. The molecule has 0 saturated heterocycles. The molecule has 0 radical (unpaired) electrons. The lowest BCUT2D eigenvalue weighted by Crippen LogP contribution is -2.38. The van der Waals surface area contributed by atoms with Gasteiger partial charge in [-0.2, -0.15) is 4.98 Å². The van der Waals surface area contributed by atoms with Crippen molar-refractivity contribution in [1.82, 2.24) is 20.8 Å². The molecule has 160 valence electrons. The number of aliphatic imine (C=N–C) groups is 1.